The number of benzene rings is 2. The standard InChI is InChI=1S/C29H25N3O8S/c1-36-28(34)24-20(26(29(35)37-2)41-27(24)30)16-40-23(33)11-9-18-15-32(19-6-4-3-5-7-19)31-25(18)17-8-10-21-22(14-17)39-13-12-38-21/h3-11,14-15H,12-13,16,30H2,1-2H3. The second kappa shape index (κ2) is 12.0. The zero-order valence-electron chi connectivity index (χ0n) is 22.1. The second-order valence-electron chi connectivity index (χ2n) is 8.64. The Morgan fingerprint density at radius 1 is 1.02 bits per heavy atom. The number of nitrogen functional groups attached to an aromatic ring is 1. The van der Waals surface area contributed by atoms with Crippen LogP contribution in [0.1, 0.15) is 31.2 Å². The maximum atomic E-state index is 12.8. The summed E-state index contributed by atoms with van der Waals surface area (Å²) in [5.74, 6) is -0.934. The fourth-order valence-corrected chi connectivity index (χ4v) is 5.17. The SMILES string of the molecule is COC(=O)c1sc(N)c(C(=O)OC)c1COC(=O)C=Cc1cn(-c2ccccc2)nc1-c1ccc2c(c1)OCCO2. The van der Waals surface area contributed by atoms with Gasteiger partial charge in [0.05, 0.1) is 19.9 Å². The highest BCUT2D eigenvalue weighted by molar-refractivity contribution is 7.18. The average Bonchev–Trinajstić information content (AvgIpc) is 3.59. The molecule has 0 bridgehead atoms. The lowest BCUT2D eigenvalue weighted by atomic mass is 10.1. The number of fused-ring (bicyclic) bond motifs is 1. The van der Waals surface area contributed by atoms with E-state index in [4.69, 9.17) is 34.5 Å². The number of carbonyl (C=O) groups is 3. The maximum absolute atomic E-state index is 12.8. The highest BCUT2D eigenvalue weighted by Crippen LogP contribution is 2.36. The van der Waals surface area contributed by atoms with Crippen LogP contribution in [-0.4, -0.2) is 55.1 Å². The van der Waals surface area contributed by atoms with Crippen LogP contribution in [-0.2, 0) is 25.6 Å². The molecule has 11 nitrogen and oxygen atoms in total. The minimum atomic E-state index is -0.757. The average molecular weight is 576 g/mol. The van der Waals surface area contributed by atoms with Crippen LogP contribution in [0.25, 0.3) is 23.0 Å². The van der Waals surface area contributed by atoms with Gasteiger partial charge in [-0.05, 0) is 36.4 Å². The molecule has 1 aliphatic rings. The number of para-hydroxylation sites is 1. The lowest BCUT2D eigenvalue weighted by Gasteiger charge is -2.18. The largest absolute Gasteiger partial charge is 0.486 e. The van der Waals surface area contributed by atoms with Gasteiger partial charge in [-0.2, -0.15) is 5.10 Å². The van der Waals surface area contributed by atoms with Crippen LogP contribution in [0, 0.1) is 0 Å². The molecule has 2 aromatic carbocycles. The second-order valence-corrected chi connectivity index (χ2v) is 9.70. The van der Waals surface area contributed by atoms with Crippen LogP contribution >= 0.6 is 11.3 Å². The summed E-state index contributed by atoms with van der Waals surface area (Å²) < 4.78 is 28.0. The molecule has 1 aliphatic heterocycles. The number of hydrogen-bond acceptors (Lipinski definition) is 11. The first kappa shape index (κ1) is 27.5. The number of anilines is 1. The first-order chi connectivity index (χ1) is 19.9. The van der Waals surface area contributed by atoms with E-state index in [-0.39, 0.29) is 21.0 Å². The van der Waals surface area contributed by atoms with Gasteiger partial charge in [-0.1, -0.05) is 18.2 Å². The Labute approximate surface area is 238 Å². The zero-order chi connectivity index (χ0) is 28.9. The monoisotopic (exact) mass is 575 g/mol. The van der Waals surface area contributed by atoms with Crippen molar-refractivity contribution in [3.8, 4) is 28.4 Å². The summed E-state index contributed by atoms with van der Waals surface area (Å²) >= 11 is 0.852. The van der Waals surface area contributed by atoms with Crippen molar-refractivity contribution in [1.82, 2.24) is 9.78 Å². The van der Waals surface area contributed by atoms with E-state index in [0.717, 1.165) is 22.6 Å². The lowest BCUT2D eigenvalue weighted by Crippen LogP contribution is -2.15. The maximum Gasteiger partial charge on any atom is 0.348 e. The molecule has 12 heteroatoms. The molecular formula is C29H25N3O8S. The van der Waals surface area contributed by atoms with Gasteiger partial charge in [-0.3, -0.25) is 0 Å². The first-order valence-electron chi connectivity index (χ1n) is 12.4. The Hall–Kier alpha value is -5.10. The third kappa shape index (κ3) is 5.77. The number of esters is 3. The van der Waals surface area contributed by atoms with Crippen molar-refractivity contribution in [2.75, 3.05) is 33.2 Å². The van der Waals surface area contributed by atoms with Crippen LogP contribution in [0.4, 0.5) is 5.00 Å². The molecule has 4 aromatic rings. The summed E-state index contributed by atoms with van der Waals surface area (Å²) in [4.78, 5) is 37.4. The molecule has 0 saturated heterocycles. The van der Waals surface area contributed by atoms with Gasteiger partial charge in [0.15, 0.2) is 11.5 Å². The number of carbonyl (C=O) groups excluding carboxylic acids is 3. The summed E-state index contributed by atoms with van der Waals surface area (Å²) in [6.07, 6.45) is 4.60. The normalized spacial score (nSPS) is 12.2. The van der Waals surface area contributed by atoms with Gasteiger partial charge < -0.3 is 29.4 Å². The number of ether oxygens (including phenoxy) is 5. The molecule has 2 aromatic heterocycles. The molecule has 0 aliphatic carbocycles. The summed E-state index contributed by atoms with van der Waals surface area (Å²) in [7, 11) is 2.38. The van der Waals surface area contributed by atoms with Crippen LogP contribution in [0.15, 0.2) is 60.8 Å². The van der Waals surface area contributed by atoms with Crippen molar-refractivity contribution in [2.24, 2.45) is 0 Å². The number of rotatable bonds is 8. The van der Waals surface area contributed by atoms with E-state index in [9.17, 15) is 14.4 Å². The van der Waals surface area contributed by atoms with Gasteiger partial charge in [0.2, 0.25) is 0 Å². The first-order valence-corrected chi connectivity index (χ1v) is 13.2. The van der Waals surface area contributed by atoms with Crippen molar-refractivity contribution in [1.29, 1.82) is 0 Å². The Kier molecular flexibility index (Phi) is 8.01. The Bertz CT molecular complexity index is 1640. The third-order valence-corrected chi connectivity index (χ3v) is 7.17. The molecule has 0 amide bonds. The molecule has 0 saturated carbocycles. The fourth-order valence-electron chi connectivity index (χ4n) is 4.19. The summed E-state index contributed by atoms with van der Waals surface area (Å²) in [5.41, 5.74) is 8.84. The number of methoxy groups -OCH3 is 2. The topological polar surface area (TPSA) is 141 Å². The molecule has 5 rings (SSSR count). The van der Waals surface area contributed by atoms with Crippen molar-refractivity contribution in [3.63, 3.8) is 0 Å². The summed E-state index contributed by atoms with van der Waals surface area (Å²) in [6, 6.07) is 15.0. The predicted octanol–water partition coefficient (Wildman–Crippen LogP) is 4.28. The van der Waals surface area contributed by atoms with Crippen molar-refractivity contribution in [2.45, 2.75) is 6.61 Å². The van der Waals surface area contributed by atoms with Gasteiger partial charge in [0.1, 0.15) is 41.0 Å². The van der Waals surface area contributed by atoms with Gasteiger partial charge in [-0.15, -0.1) is 11.3 Å². The van der Waals surface area contributed by atoms with E-state index in [0.29, 0.717) is 36.0 Å². The predicted molar refractivity (Wildman–Crippen MR) is 150 cm³/mol. The minimum absolute atomic E-state index is 0.0419. The van der Waals surface area contributed by atoms with Crippen molar-refractivity contribution >= 4 is 40.3 Å². The van der Waals surface area contributed by atoms with E-state index in [1.165, 1.54) is 20.3 Å². The molecule has 0 atom stereocenters. The van der Waals surface area contributed by atoms with E-state index < -0.39 is 24.5 Å². The van der Waals surface area contributed by atoms with Gasteiger partial charge in [-0.25, -0.2) is 19.1 Å². The molecule has 0 spiro atoms. The number of hydrogen-bond donors (Lipinski definition) is 1. The highest BCUT2D eigenvalue weighted by atomic mass is 32.1. The Morgan fingerprint density at radius 2 is 1.76 bits per heavy atom. The molecule has 0 radical (unpaired) electrons. The van der Waals surface area contributed by atoms with E-state index >= 15 is 0 Å². The van der Waals surface area contributed by atoms with Crippen LogP contribution in [0.3, 0.4) is 0 Å². The van der Waals surface area contributed by atoms with Crippen molar-refractivity contribution < 1.29 is 38.1 Å². The van der Waals surface area contributed by atoms with E-state index in [2.05, 4.69) is 0 Å². The van der Waals surface area contributed by atoms with Crippen LogP contribution in [0.5, 0.6) is 11.5 Å². The summed E-state index contributed by atoms with van der Waals surface area (Å²) in [6.45, 7) is 0.522. The van der Waals surface area contributed by atoms with Crippen LogP contribution in [0.2, 0.25) is 0 Å². The molecule has 0 unspecified atom stereocenters. The molecule has 3 heterocycles. The Morgan fingerprint density at radius 3 is 2.49 bits per heavy atom. The number of nitrogens with zero attached hydrogens (tertiary/aromatic N) is 2. The number of aromatic nitrogens is 2. The quantitative estimate of drug-likeness (QED) is 0.184. The summed E-state index contributed by atoms with van der Waals surface area (Å²) in [5, 5.41) is 4.81. The van der Waals surface area contributed by atoms with Crippen molar-refractivity contribution in [3.05, 3.63) is 82.4 Å². The minimum Gasteiger partial charge on any atom is -0.486 e. The number of thiophene rings is 1. The molecule has 210 valence electrons. The van der Waals surface area contributed by atoms with Crippen LogP contribution < -0.4 is 15.2 Å². The molecule has 41 heavy (non-hydrogen) atoms. The molecule has 2 N–H and O–H groups in total. The molecule has 0 fully saturated rings. The smallest absolute Gasteiger partial charge is 0.348 e. The van der Waals surface area contributed by atoms with E-state index in [1.54, 1.807) is 17.0 Å². The number of nitrogens with two attached hydrogens (primary N) is 1. The third-order valence-electron chi connectivity index (χ3n) is 6.13. The molecular weight excluding hydrogens is 550 g/mol. The highest BCUT2D eigenvalue weighted by Gasteiger charge is 2.28. The zero-order valence-corrected chi connectivity index (χ0v) is 22.9. The van der Waals surface area contributed by atoms with E-state index in [1.807, 2.05) is 48.5 Å². The Balaban J connectivity index is 1.42. The lowest BCUT2D eigenvalue weighted by molar-refractivity contribution is -0.138. The van der Waals surface area contributed by atoms with Gasteiger partial charge in [0, 0.05) is 29.0 Å². The fraction of sp³-hybridized carbons (Fsp3) is 0.172. The van der Waals surface area contributed by atoms with Gasteiger partial charge >= 0.3 is 17.9 Å². The van der Waals surface area contributed by atoms with Gasteiger partial charge in [0.25, 0.3) is 0 Å².